The average Bonchev–Trinajstić information content (AvgIpc) is 2.48. The molecule has 0 spiro atoms. The Morgan fingerprint density at radius 1 is 1.00 bits per heavy atom. The van der Waals surface area contributed by atoms with Crippen LogP contribution in [0.1, 0.15) is 5.56 Å². The van der Waals surface area contributed by atoms with Gasteiger partial charge in [0.15, 0.2) is 0 Å². The van der Waals surface area contributed by atoms with Crippen LogP contribution in [0.4, 0.5) is 0 Å². The Kier molecular flexibility index (Phi) is 3.08. The van der Waals surface area contributed by atoms with Crippen molar-refractivity contribution in [1.82, 2.24) is 10.2 Å². The Hall–Kier alpha value is -2.46. The van der Waals surface area contributed by atoms with Crippen LogP contribution in [-0.4, -0.2) is 15.3 Å². The molecule has 4 nitrogen and oxygen atoms in total. The largest absolute Gasteiger partial charge is 0.437 e. The number of rotatable bonds is 3. The van der Waals surface area contributed by atoms with Gasteiger partial charge in [-0.15, -0.1) is 5.10 Å². The summed E-state index contributed by atoms with van der Waals surface area (Å²) in [6.07, 6.45) is 1.71. The summed E-state index contributed by atoms with van der Waals surface area (Å²) in [7, 11) is 0. The lowest BCUT2D eigenvalue weighted by atomic mass is 10.2. The van der Waals surface area contributed by atoms with Gasteiger partial charge in [0.05, 0.1) is 12.8 Å². The summed E-state index contributed by atoms with van der Waals surface area (Å²) >= 11 is 0. The highest BCUT2D eigenvalue weighted by Gasteiger charge is 2.05. The highest BCUT2D eigenvalue weighted by molar-refractivity contribution is 5.85. The van der Waals surface area contributed by atoms with Crippen molar-refractivity contribution in [1.29, 1.82) is 0 Å². The van der Waals surface area contributed by atoms with Gasteiger partial charge in [-0.05, 0) is 23.8 Å². The van der Waals surface area contributed by atoms with Crippen molar-refractivity contribution in [2.75, 3.05) is 0 Å². The molecule has 1 N–H and O–H groups in total. The van der Waals surface area contributed by atoms with E-state index in [-0.39, 0.29) is 6.61 Å². The van der Waals surface area contributed by atoms with Crippen LogP contribution in [-0.2, 0) is 6.61 Å². The highest BCUT2D eigenvalue weighted by Crippen LogP contribution is 2.26. The van der Waals surface area contributed by atoms with E-state index in [0.717, 1.165) is 16.3 Å². The van der Waals surface area contributed by atoms with Crippen LogP contribution in [0.15, 0.2) is 54.7 Å². The minimum absolute atomic E-state index is 0.0222. The second-order valence-corrected chi connectivity index (χ2v) is 4.14. The first-order valence-electron chi connectivity index (χ1n) is 5.95. The van der Waals surface area contributed by atoms with Gasteiger partial charge >= 0.3 is 0 Å². The number of aromatic nitrogens is 2. The normalized spacial score (nSPS) is 10.6. The molecule has 0 atom stereocenters. The summed E-state index contributed by atoms with van der Waals surface area (Å²) in [5, 5.41) is 18.9. The SMILES string of the molecule is OCc1ccc(Oc2nncc3ccccc23)cc1. The van der Waals surface area contributed by atoms with Crippen LogP contribution in [0.3, 0.4) is 0 Å². The summed E-state index contributed by atoms with van der Waals surface area (Å²) in [6, 6.07) is 15.0. The lowest BCUT2D eigenvalue weighted by Crippen LogP contribution is -1.92. The van der Waals surface area contributed by atoms with E-state index in [4.69, 9.17) is 9.84 Å². The number of aliphatic hydroxyl groups excluding tert-OH is 1. The van der Waals surface area contributed by atoms with E-state index >= 15 is 0 Å². The van der Waals surface area contributed by atoms with E-state index in [2.05, 4.69) is 10.2 Å². The fourth-order valence-corrected chi connectivity index (χ4v) is 1.85. The van der Waals surface area contributed by atoms with Crippen molar-refractivity contribution in [2.24, 2.45) is 0 Å². The van der Waals surface area contributed by atoms with Gasteiger partial charge in [-0.2, -0.15) is 5.10 Å². The van der Waals surface area contributed by atoms with Gasteiger partial charge in [-0.1, -0.05) is 30.3 Å². The maximum absolute atomic E-state index is 9.00. The first kappa shape index (κ1) is 11.6. The van der Waals surface area contributed by atoms with E-state index in [9.17, 15) is 0 Å². The van der Waals surface area contributed by atoms with Crippen LogP contribution < -0.4 is 4.74 Å². The molecular formula is C15H12N2O2. The molecule has 0 radical (unpaired) electrons. The maximum Gasteiger partial charge on any atom is 0.246 e. The molecule has 0 amide bonds. The standard InChI is InChI=1S/C15H12N2O2/c18-10-11-5-7-13(8-6-11)19-15-14-4-2-1-3-12(14)9-16-17-15/h1-9,18H,10H2. The minimum Gasteiger partial charge on any atom is -0.437 e. The fourth-order valence-electron chi connectivity index (χ4n) is 1.85. The molecule has 0 aliphatic rings. The van der Waals surface area contributed by atoms with Gasteiger partial charge in [0.1, 0.15) is 5.75 Å². The summed E-state index contributed by atoms with van der Waals surface area (Å²) in [4.78, 5) is 0. The zero-order valence-electron chi connectivity index (χ0n) is 10.2. The van der Waals surface area contributed by atoms with Crippen LogP contribution >= 0.6 is 0 Å². The van der Waals surface area contributed by atoms with E-state index in [1.54, 1.807) is 18.3 Å². The number of hydrogen-bond donors (Lipinski definition) is 1. The average molecular weight is 252 g/mol. The molecule has 0 unspecified atom stereocenters. The number of fused-ring (bicyclic) bond motifs is 1. The first-order chi connectivity index (χ1) is 9.36. The quantitative estimate of drug-likeness (QED) is 0.778. The zero-order chi connectivity index (χ0) is 13.1. The molecule has 94 valence electrons. The molecule has 1 aromatic heterocycles. The summed E-state index contributed by atoms with van der Waals surface area (Å²) < 4.78 is 5.74. The van der Waals surface area contributed by atoms with Gasteiger partial charge in [0.2, 0.25) is 5.88 Å². The maximum atomic E-state index is 9.00. The van der Waals surface area contributed by atoms with E-state index in [0.29, 0.717) is 11.6 Å². The molecule has 19 heavy (non-hydrogen) atoms. The fraction of sp³-hybridized carbons (Fsp3) is 0.0667. The Bertz CT molecular complexity index is 691. The van der Waals surface area contributed by atoms with Gasteiger partial charge in [0.25, 0.3) is 0 Å². The summed E-state index contributed by atoms with van der Waals surface area (Å²) in [6.45, 7) is 0.0222. The molecule has 3 aromatic rings. The smallest absolute Gasteiger partial charge is 0.246 e. The molecule has 0 bridgehead atoms. The van der Waals surface area contributed by atoms with Crippen LogP contribution in [0.25, 0.3) is 10.8 Å². The molecule has 0 saturated heterocycles. The molecule has 0 aliphatic carbocycles. The molecule has 4 heteroatoms. The Morgan fingerprint density at radius 3 is 2.58 bits per heavy atom. The summed E-state index contributed by atoms with van der Waals surface area (Å²) in [5.74, 6) is 1.15. The minimum atomic E-state index is 0.0222. The Labute approximate surface area is 110 Å². The molecule has 3 rings (SSSR count). The van der Waals surface area contributed by atoms with Crippen molar-refractivity contribution >= 4 is 10.8 Å². The van der Waals surface area contributed by atoms with Gasteiger partial charge in [0, 0.05) is 10.8 Å². The van der Waals surface area contributed by atoms with E-state index < -0.39 is 0 Å². The van der Waals surface area contributed by atoms with Crippen molar-refractivity contribution in [3.8, 4) is 11.6 Å². The molecule has 2 aromatic carbocycles. The van der Waals surface area contributed by atoms with E-state index in [1.807, 2.05) is 36.4 Å². The molecule has 0 aliphatic heterocycles. The number of benzene rings is 2. The van der Waals surface area contributed by atoms with Crippen molar-refractivity contribution in [2.45, 2.75) is 6.61 Å². The Balaban J connectivity index is 1.96. The van der Waals surface area contributed by atoms with Crippen molar-refractivity contribution < 1.29 is 9.84 Å². The second kappa shape index (κ2) is 5.04. The monoisotopic (exact) mass is 252 g/mol. The third kappa shape index (κ3) is 2.39. The van der Waals surface area contributed by atoms with Crippen LogP contribution in [0.5, 0.6) is 11.6 Å². The zero-order valence-corrected chi connectivity index (χ0v) is 10.2. The number of ether oxygens (including phenoxy) is 1. The molecule has 0 fully saturated rings. The number of nitrogens with zero attached hydrogens (tertiary/aromatic N) is 2. The van der Waals surface area contributed by atoms with Gasteiger partial charge in [-0.25, -0.2) is 0 Å². The third-order valence-corrected chi connectivity index (χ3v) is 2.86. The summed E-state index contributed by atoms with van der Waals surface area (Å²) in [5.41, 5.74) is 0.844. The van der Waals surface area contributed by atoms with E-state index in [1.165, 1.54) is 0 Å². The topological polar surface area (TPSA) is 55.2 Å². The van der Waals surface area contributed by atoms with Crippen LogP contribution in [0, 0.1) is 0 Å². The predicted octanol–water partition coefficient (Wildman–Crippen LogP) is 2.91. The second-order valence-electron chi connectivity index (χ2n) is 4.14. The third-order valence-electron chi connectivity index (χ3n) is 2.86. The van der Waals surface area contributed by atoms with Gasteiger partial charge < -0.3 is 9.84 Å². The first-order valence-corrected chi connectivity index (χ1v) is 5.95. The number of aliphatic hydroxyl groups is 1. The van der Waals surface area contributed by atoms with Gasteiger partial charge in [-0.3, -0.25) is 0 Å². The molecule has 1 heterocycles. The number of hydrogen-bond acceptors (Lipinski definition) is 4. The lowest BCUT2D eigenvalue weighted by molar-refractivity contribution is 0.281. The van der Waals surface area contributed by atoms with Crippen LogP contribution in [0.2, 0.25) is 0 Å². The molecular weight excluding hydrogens is 240 g/mol. The highest BCUT2D eigenvalue weighted by atomic mass is 16.5. The van der Waals surface area contributed by atoms with Crippen molar-refractivity contribution in [3.05, 3.63) is 60.3 Å². The van der Waals surface area contributed by atoms with Crippen molar-refractivity contribution in [3.63, 3.8) is 0 Å². The lowest BCUT2D eigenvalue weighted by Gasteiger charge is -2.07. The molecule has 0 saturated carbocycles. The predicted molar refractivity (Wildman–Crippen MR) is 72.0 cm³/mol. The Morgan fingerprint density at radius 2 is 1.79 bits per heavy atom.